The highest BCUT2D eigenvalue weighted by atomic mass is 35.5. The number of aromatic nitrogens is 1. The Kier molecular flexibility index (Phi) is 3.82. The monoisotopic (exact) mass is 266 g/mol. The zero-order valence-electron chi connectivity index (χ0n) is 9.96. The lowest BCUT2D eigenvalue weighted by atomic mass is 10.1. The molecule has 17 heavy (non-hydrogen) atoms. The number of nitrogens with zero attached hydrogens (tertiary/aromatic N) is 1. The van der Waals surface area contributed by atoms with Gasteiger partial charge in [-0.1, -0.05) is 35.4 Å². The van der Waals surface area contributed by atoms with Crippen LogP contribution in [0, 0.1) is 13.8 Å². The standard InChI is InChI=1S/C13H15ClN2S/c1-8-3-4-10(9(2)7-8)13-16-11(5-6-15)12(14)17-13/h3-4,7H,5-6,15H2,1-2H3. The highest BCUT2D eigenvalue weighted by Gasteiger charge is 2.11. The Hall–Kier alpha value is -0.900. The summed E-state index contributed by atoms with van der Waals surface area (Å²) >= 11 is 7.68. The topological polar surface area (TPSA) is 38.9 Å². The van der Waals surface area contributed by atoms with Gasteiger partial charge >= 0.3 is 0 Å². The number of hydrogen-bond donors (Lipinski definition) is 1. The molecule has 0 fully saturated rings. The quantitative estimate of drug-likeness (QED) is 0.922. The van der Waals surface area contributed by atoms with Crippen LogP contribution in [0.4, 0.5) is 0 Å². The van der Waals surface area contributed by atoms with E-state index in [0.29, 0.717) is 6.54 Å². The fourth-order valence-corrected chi connectivity index (χ4v) is 3.08. The zero-order valence-corrected chi connectivity index (χ0v) is 11.5. The average molecular weight is 267 g/mol. The van der Waals surface area contributed by atoms with Crippen molar-refractivity contribution in [3.63, 3.8) is 0 Å². The molecule has 0 saturated carbocycles. The van der Waals surface area contributed by atoms with Crippen molar-refractivity contribution < 1.29 is 0 Å². The van der Waals surface area contributed by atoms with Crippen LogP contribution in [0.25, 0.3) is 10.6 Å². The van der Waals surface area contributed by atoms with Crippen molar-refractivity contribution in [1.82, 2.24) is 4.98 Å². The molecule has 0 radical (unpaired) electrons. The summed E-state index contributed by atoms with van der Waals surface area (Å²) in [5.74, 6) is 0. The van der Waals surface area contributed by atoms with E-state index in [9.17, 15) is 0 Å². The van der Waals surface area contributed by atoms with Gasteiger partial charge in [0.2, 0.25) is 0 Å². The molecule has 90 valence electrons. The molecule has 0 aliphatic rings. The van der Waals surface area contributed by atoms with E-state index in [-0.39, 0.29) is 0 Å². The first kappa shape index (κ1) is 12.6. The van der Waals surface area contributed by atoms with Gasteiger partial charge in [-0.15, -0.1) is 11.3 Å². The predicted octanol–water partition coefficient (Wildman–Crippen LogP) is 3.58. The average Bonchev–Trinajstić information content (AvgIpc) is 2.60. The van der Waals surface area contributed by atoms with Gasteiger partial charge in [-0.3, -0.25) is 0 Å². The van der Waals surface area contributed by atoms with Gasteiger partial charge in [0, 0.05) is 12.0 Å². The SMILES string of the molecule is Cc1ccc(-c2nc(CCN)c(Cl)s2)c(C)c1. The summed E-state index contributed by atoms with van der Waals surface area (Å²) in [6.07, 6.45) is 0.736. The minimum Gasteiger partial charge on any atom is -0.330 e. The second-order valence-corrected chi connectivity index (χ2v) is 5.70. The number of halogens is 1. The lowest BCUT2D eigenvalue weighted by Crippen LogP contribution is -2.03. The fraction of sp³-hybridized carbons (Fsp3) is 0.308. The van der Waals surface area contributed by atoms with Gasteiger partial charge in [-0.2, -0.15) is 0 Å². The maximum absolute atomic E-state index is 6.16. The summed E-state index contributed by atoms with van der Waals surface area (Å²) in [5, 5.41) is 0.982. The summed E-state index contributed by atoms with van der Waals surface area (Å²) in [6, 6.07) is 6.36. The Morgan fingerprint density at radius 2 is 2.12 bits per heavy atom. The van der Waals surface area contributed by atoms with Crippen LogP contribution in [-0.4, -0.2) is 11.5 Å². The molecule has 0 saturated heterocycles. The molecule has 0 spiro atoms. The van der Waals surface area contributed by atoms with Crippen molar-refractivity contribution in [2.45, 2.75) is 20.3 Å². The van der Waals surface area contributed by atoms with E-state index in [0.717, 1.165) is 27.0 Å². The molecule has 0 atom stereocenters. The molecule has 0 amide bonds. The van der Waals surface area contributed by atoms with Crippen molar-refractivity contribution in [2.24, 2.45) is 5.73 Å². The van der Waals surface area contributed by atoms with E-state index in [1.54, 1.807) is 0 Å². The van der Waals surface area contributed by atoms with Gasteiger partial charge in [0.1, 0.15) is 9.34 Å². The van der Waals surface area contributed by atoms with Crippen molar-refractivity contribution in [1.29, 1.82) is 0 Å². The van der Waals surface area contributed by atoms with Gasteiger partial charge < -0.3 is 5.73 Å². The first-order valence-electron chi connectivity index (χ1n) is 5.54. The molecular weight excluding hydrogens is 252 g/mol. The molecule has 1 aromatic carbocycles. The third-order valence-electron chi connectivity index (χ3n) is 2.64. The molecular formula is C13H15ClN2S. The molecule has 0 unspecified atom stereocenters. The molecule has 2 aromatic rings. The minimum absolute atomic E-state index is 0.579. The zero-order chi connectivity index (χ0) is 12.4. The largest absolute Gasteiger partial charge is 0.330 e. The Balaban J connectivity index is 2.42. The normalized spacial score (nSPS) is 10.8. The summed E-state index contributed by atoms with van der Waals surface area (Å²) < 4.78 is 0.755. The molecule has 2 rings (SSSR count). The van der Waals surface area contributed by atoms with Crippen molar-refractivity contribution in [2.75, 3.05) is 6.54 Å². The van der Waals surface area contributed by atoms with Gasteiger partial charge in [-0.05, 0) is 26.0 Å². The summed E-state index contributed by atoms with van der Waals surface area (Å²) in [6.45, 7) is 4.77. The van der Waals surface area contributed by atoms with Crippen LogP contribution in [0.15, 0.2) is 18.2 Å². The van der Waals surface area contributed by atoms with Crippen LogP contribution >= 0.6 is 22.9 Å². The maximum Gasteiger partial charge on any atom is 0.125 e. The number of hydrogen-bond acceptors (Lipinski definition) is 3. The first-order valence-corrected chi connectivity index (χ1v) is 6.74. The lowest BCUT2D eigenvalue weighted by molar-refractivity contribution is 0.936. The second kappa shape index (κ2) is 5.17. The van der Waals surface area contributed by atoms with E-state index < -0.39 is 0 Å². The molecule has 1 aromatic heterocycles. The van der Waals surface area contributed by atoms with Crippen LogP contribution in [0.2, 0.25) is 4.34 Å². The van der Waals surface area contributed by atoms with Crippen molar-refractivity contribution in [3.8, 4) is 10.6 Å². The van der Waals surface area contributed by atoms with Crippen LogP contribution in [0.1, 0.15) is 16.8 Å². The van der Waals surface area contributed by atoms with Crippen molar-refractivity contribution in [3.05, 3.63) is 39.4 Å². The fourth-order valence-electron chi connectivity index (χ4n) is 1.79. The molecule has 0 bridgehead atoms. The third kappa shape index (κ3) is 2.68. The number of aryl methyl sites for hydroxylation is 2. The number of benzene rings is 1. The highest BCUT2D eigenvalue weighted by molar-refractivity contribution is 7.19. The van der Waals surface area contributed by atoms with Crippen LogP contribution in [0.5, 0.6) is 0 Å². The molecule has 2 nitrogen and oxygen atoms in total. The van der Waals surface area contributed by atoms with E-state index >= 15 is 0 Å². The number of nitrogens with two attached hydrogens (primary N) is 1. The molecule has 1 heterocycles. The number of thiazole rings is 1. The van der Waals surface area contributed by atoms with Gasteiger partial charge in [0.25, 0.3) is 0 Å². The molecule has 4 heteroatoms. The predicted molar refractivity (Wildman–Crippen MR) is 74.8 cm³/mol. The highest BCUT2D eigenvalue weighted by Crippen LogP contribution is 2.33. The van der Waals surface area contributed by atoms with Gasteiger partial charge in [0.15, 0.2) is 0 Å². The maximum atomic E-state index is 6.16. The van der Waals surface area contributed by atoms with Crippen LogP contribution in [0.3, 0.4) is 0 Å². The molecule has 0 aliphatic heterocycles. The first-order chi connectivity index (χ1) is 8.11. The third-order valence-corrected chi connectivity index (χ3v) is 4.01. The van der Waals surface area contributed by atoms with E-state index in [4.69, 9.17) is 17.3 Å². The lowest BCUT2D eigenvalue weighted by Gasteiger charge is -2.02. The Bertz CT molecular complexity index is 534. The summed E-state index contributed by atoms with van der Waals surface area (Å²) in [4.78, 5) is 4.57. The molecule has 2 N–H and O–H groups in total. The van der Waals surface area contributed by atoms with Crippen LogP contribution < -0.4 is 5.73 Å². The summed E-state index contributed by atoms with van der Waals surface area (Å²) in [7, 11) is 0. The van der Waals surface area contributed by atoms with Gasteiger partial charge in [-0.25, -0.2) is 4.98 Å². The van der Waals surface area contributed by atoms with Crippen molar-refractivity contribution >= 4 is 22.9 Å². The number of rotatable bonds is 3. The minimum atomic E-state index is 0.579. The van der Waals surface area contributed by atoms with Gasteiger partial charge in [0.05, 0.1) is 5.69 Å². The Morgan fingerprint density at radius 3 is 2.76 bits per heavy atom. The van der Waals surface area contributed by atoms with E-state index in [2.05, 4.69) is 37.0 Å². The van der Waals surface area contributed by atoms with E-state index in [1.807, 2.05) is 0 Å². The Morgan fingerprint density at radius 1 is 1.35 bits per heavy atom. The molecule has 0 aliphatic carbocycles. The van der Waals surface area contributed by atoms with Crippen LogP contribution in [-0.2, 0) is 6.42 Å². The Labute approximate surface area is 110 Å². The van der Waals surface area contributed by atoms with E-state index in [1.165, 1.54) is 22.5 Å². The second-order valence-electron chi connectivity index (χ2n) is 4.10. The smallest absolute Gasteiger partial charge is 0.125 e. The summed E-state index contributed by atoms with van der Waals surface area (Å²) in [5.41, 5.74) is 10.1.